The van der Waals surface area contributed by atoms with E-state index in [2.05, 4.69) is 15.3 Å². The van der Waals surface area contributed by atoms with Crippen molar-refractivity contribution < 1.29 is 19.4 Å². The van der Waals surface area contributed by atoms with Crippen molar-refractivity contribution in [3.8, 4) is 17.1 Å². The first-order chi connectivity index (χ1) is 12.0. The molecule has 1 aliphatic carbocycles. The number of carboxylic acid groups (broad SMARTS) is 1. The van der Waals surface area contributed by atoms with E-state index in [-0.39, 0.29) is 12.0 Å². The van der Waals surface area contributed by atoms with Crippen LogP contribution in [0.4, 0.5) is 0 Å². The van der Waals surface area contributed by atoms with Crippen LogP contribution in [0.1, 0.15) is 41.9 Å². The second kappa shape index (κ2) is 7.00. The lowest BCUT2D eigenvalue weighted by Gasteiger charge is -2.27. The fraction of sp³-hybridized carbons (Fsp3) is 0.471. The molecule has 2 atom stereocenters. The van der Waals surface area contributed by atoms with Crippen LogP contribution in [0.25, 0.3) is 11.4 Å². The van der Waals surface area contributed by atoms with Gasteiger partial charge in [-0.1, -0.05) is 5.21 Å². The normalized spacial score (nSPS) is 20.2. The van der Waals surface area contributed by atoms with Gasteiger partial charge in [-0.3, -0.25) is 9.59 Å². The molecule has 3 rings (SSSR count). The van der Waals surface area contributed by atoms with Gasteiger partial charge in [-0.25, -0.2) is 9.67 Å². The Morgan fingerprint density at radius 1 is 1.40 bits per heavy atom. The number of aromatic nitrogens is 4. The Balaban J connectivity index is 1.78. The first-order valence-corrected chi connectivity index (χ1v) is 8.22. The fourth-order valence-corrected chi connectivity index (χ4v) is 3.14. The summed E-state index contributed by atoms with van der Waals surface area (Å²) in [5.74, 6) is -0.486. The molecule has 1 aliphatic rings. The Bertz CT molecular complexity index is 802. The molecular formula is C17H20N4O4. The first-order valence-electron chi connectivity index (χ1n) is 8.22. The quantitative estimate of drug-likeness (QED) is 0.827. The summed E-state index contributed by atoms with van der Waals surface area (Å²) in [6.07, 6.45) is 3.47. The van der Waals surface area contributed by atoms with Crippen LogP contribution in [-0.2, 0) is 11.8 Å². The molecule has 1 fully saturated rings. The molecule has 8 heteroatoms. The SMILES string of the molecule is Cc1nc(-c2nnn(C)c2C=O)ccc1OC1CCC[C@H](C(=O)O)C1. The zero-order chi connectivity index (χ0) is 18.0. The lowest BCUT2D eigenvalue weighted by Crippen LogP contribution is -2.29. The molecule has 0 aromatic carbocycles. The van der Waals surface area contributed by atoms with Crippen molar-refractivity contribution in [2.45, 2.75) is 38.7 Å². The number of nitrogens with zero attached hydrogens (tertiary/aromatic N) is 4. The third-order valence-corrected chi connectivity index (χ3v) is 4.53. The molecule has 2 aromatic rings. The molecular weight excluding hydrogens is 324 g/mol. The summed E-state index contributed by atoms with van der Waals surface area (Å²) in [4.78, 5) is 26.8. The van der Waals surface area contributed by atoms with E-state index in [1.807, 2.05) is 6.92 Å². The van der Waals surface area contributed by atoms with Crippen molar-refractivity contribution in [1.82, 2.24) is 20.0 Å². The number of carboxylic acids is 1. The van der Waals surface area contributed by atoms with E-state index in [1.165, 1.54) is 4.68 Å². The molecule has 2 aromatic heterocycles. The second-order valence-corrected chi connectivity index (χ2v) is 6.29. The fourth-order valence-electron chi connectivity index (χ4n) is 3.14. The van der Waals surface area contributed by atoms with Gasteiger partial charge in [0.25, 0.3) is 0 Å². The van der Waals surface area contributed by atoms with Crippen LogP contribution >= 0.6 is 0 Å². The minimum absolute atomic E-state index is 0.122. The highest BCUT2D eigenvalue weighted by Crippen LogP contribution is 2.30. The summed E-state index contributed by atoms with van der Waals surface area (Å²) in [6, 6.07) is 3.52. The summed E-state index contributed by atoms with van der Waals surface area (Å²) in [5, 5.41) is 17.0. The third-order valence-electron chi connectivity index (χ3n) is 4.53. The molecule has 8 nitrogen and oxygen atoms in total. The molecule has 2 heterocycles. The number of rotatable bonds is 5. The van der Waals surface area contributed by atoms with Gasteiger partial charge in [0.15, 0.2) is 6.29 Å². The number of carbonyl (C=O) groups is 2. The Labute approximate surface area is 144 Å². The van der Waals surface area contributed by atoms with Gasteiger partial charge in [0.1, 0.15) is 17.1 Å². The van der Waals surface area contributed by atoms with Gasteiger partial charge in [0, 0.05) is 7.05 Å². The predicted molar refractivity (Wildman–Crippen MR) is 88.4 cm³/mol. The average molecular weight is 344 g/mol. The Hall–Kier alpha value is -2.77. The molecule has 0 bridgehead atoms. The van der Waals surface area contributed by atoms with Crippen LogP contribution in [0.3, 0.4) is 0 Å². The minimum Gasteiger partial charge on any atom is -0.489 e. The Kier molecular flexibility index (Phi) is 4.78. The van der Waals surface area contributed by atoms with Crippen molar-refractivity contribution in [3.63, 3.8) is 0 Å². The lowest BCUT2D eigenvalue weighted by atomic mass is 9.87. The van der Waals surface area contributed by atoms with E-state index in [4.69, 9.17) is 4.74 Å². The van der Waals surface area contributed by atoms with Crippen molar-refractivity contribution in [2.75, 3.05) is 0 Å². The maximum atomic E-state index is 11.2. The highest BCUT2D eigenvalue weighted by atomic mass is 16.5. The molecule has 0 radical (unpaired) electrons. The zero-order valence-electron chi connectivity index (χ0n) is 14.2. The van der Waals surface area contributed by atoms with E-state index in [1.54, 1.807) is 19.2 Å². The number of aliphatic carboxylic acids is 1. The van der Waals surface area contributed by atoms with Gasteiger partial charge in [0.05, 0.1) is 23.4 Å². The number of hydrogen-bond donors (Lipinski definition) is 1. The highest BCUT2D eigenvalue weighted by Gasteiger charge is 2.28. The Morgan fingerprint density at radius 3 is 2.88 bits per heavy atom. The van der Waals surface area contributed by atoms with E-state index >= 15 is 0 Å². The largest absolute Gasteiger partial charge is 0.489 e. The first kappa shape index (κ1) is 17.1. The minimum atomic E-state index is -0.762. The van der Waals surface area contributed by atoms with Gasteiger partial charge in [-0.2, -0.15) is 0 Å². The number of pyridine rings is 1. The topological polar surface area (TPSA) is 107 Å². The molecule has 25 heavy (non-hydrogen) atoms. The molecule has 1 unspecified atom stereocenters. The maximum Gasteiger partial charge on any atom is 0.306 e. The van der Waals surface area contributed by atoms with Gasteiger partial charge in [-0.05, 0) is 44.7 Å². The third kappa shape index (κ3) is 3.52. The zero-order valence-corrected chi connectivity index (χ0v) is 14.2. The Morgan fingerprint density at radius 2 is 2.20 bits per heavy atom. The molecule has 0 amide bonds. The van der Waals surface area contributed by atoms with Gasteiger partial charge in [0.2, 0.25) is 0 Å². The van der Waals surface area contributed by atoms with Crippen LogP contribution in [0.2, 0.25) is 0 Å². The highest BCUT2D eigenvalue weighted by molar-refractivity contribution is 5.82. The van der Waals surface area contributed by atoms with E-state index < -0.39 is 5.97 Å². The number of hydrogen-bond acceptors (Lipinski definition) is 6. The van der Waals surface area contributed by atoms with Gasteiger partial charge in [-0.15, -0.1) is 5.10 Å². The summed E-state index contributed by atoms with van der Waals surface area (Å²) >= 11 is 0. The van der Waals surface area contributed by atoms with Crippen molar-refractivity contribution in [2.24, 2.45) is 13.0 Å². The van der Waals surface area contributed by atoms with E-state index in [0.29, 0.717) is 47.7 Å². The number of aldehydes is 1. The van der Waals surface area contributed by atoms with Crippen LogP contribution < -0.4 is 4.74 Å². The number of ether oxygens (including phenoxy) is 1. The van der Waals surface area contributed by atoms with Crippen molar-refractivity contribution in [3.05, 3.63) is 23.5 Å². The number of aryl methyl sites for hydroxylation is 2. The number of carbonyl (C=O) groups excluding carboxylic acids is 1. The van der Waals surface area contributed by atoms with E-state index in [9.17, 15) is 14.7 Å². The predicted octanol–water partition coefficient (Wildman–Crippen LogP) is 2.02. The smallest absolute Gasteiger partial charge is 0.306 e. The average Bonchev–Trinajstić information content (AvgIpc) is 2.97. The molecule has 0 spiro atoms. The monoisotopic (exact) mass is 344 g/mol. The van der Waals surface area contributed by atoms with Crippen LogP contribution in [0.15, 0.2) is 12.1 Å². The standard InChI is InChI=1S/C17H20N4O4/c1-10-15(25-12-5-3-4-11(8-12)17(23)24)7-6-13(18-10)16-14(9-22)21(2)20-19-16/h6-7,9,11-12H,3-5,8H2,1-2H3,(H,23,24)/t11-,12?/m0/s1. The summed E-state index contributed by atoms with van der Waals surface area (Å²) < 4.78 is 7.38. The lowest BCUT2D eigenvalue weighted by molar-refractivity contribution is -0.143. The van der Waals surface area contributed by atoms with Crippen molar-refractivity contribution in [1.29, 1.82) is 0 Å². The van der Waals surface area contributed by atoms with Crippen LogP contribution in [0.5, 0.6) is 5.75 Å². The van der Waals surface area contributed by atoms with Crippen molar-refractivity contribution >= 4 is 12.3 Å². The van der Waals surface area contributed by atoms with Crippen LogP contribution in [-0.4, -0.2) is 43.4 Å². The summed E-state index contributed by atoms with van der Waals surface area (Å²) in [6.45, 7) is 1.81. The van der Waals surface area contributed by atoms with E-state index in [0.717, 1.165) is 12.8 Å². The van der Waals surface area contributed by atoms with Crippen LogP contribution in [0, 0.1) is 12.8 Å². The molecule has 0 saturated heterocycles. The maximum absolute atomic E-state index is 11.2. The molecule has 1 N–H and O–H groups in total. The summed E-state index contributed by atoms with van der Waals surface area (Å²) in [5.41, 5.74) is 2.00. The molecule has 0 aliphatic heterocycles. The van der Waals surface area contributed by atoms with Gasteiger partial charge >= 0.3 is 5.97 Å². The summed E-state index contributed by atoms with van der Waals surface area (Å²) in [7, 11) is 1.65. The van der Waals surface area contributed by atoms with Gasteiger partial charge < -0.3 is 9.84 Å². The molecule has 1 saturated carbocycles. The molecule has 132 valence electrons. The second-order valence-electron chi connectivity index (χ2n) is 6.29.